The number of nitrogens with two attached hydrogens (primary N) is 1. The van der Waals surface area contributed by atoms with Crippen molar-refractivity contribution in [2.45, 2.75) is 19.3 Å². The zero-order chi connectivity index (χ0) is 20.3. The summed E-state index contributed by atoms with van der Waals surface area (Å²) in [5.41, 5.74) is 7.37. The fourth-order valence-electron chi connectivity index (χ4n) is 3.13. The van der Waals surface area contributed by atoms with Gasteiger partial charge in [0, 0.05) is 34.4 Å². The molecule has 1 aliphatic heterocycles. The second-order valence-electron chi connectivity index (χ2n) is 6.68. The number of carbonyl (C=O) groups is 2. The van der Waals surface area contributed by atoms with Crippen LogP contribution < -0.4 is 11.1 Å². The van der Waals surface area contributed by atoms with Crippen LogP contribution in [0.1, 0.15) is 34.3 Å². The van der Waals surface area contributed by atoms with E-state index in [9.17, 15) is 14.7 Å². The molecule has 1 saturated heterocycles. The van der Waals surface area contributed by atoms with Crippen LogP contribution in [0.5, 0.6) is 5.75 Å². The number of anilines is 1. The van der Waals surface area contributed by atoms with Gasteiger partial charge in [0.15, 0.2) is 0 Å². The number of rotatable bonds is 5. The lowest BCUT2D eigenvalue weighted by Crippen LogP contribution is -2.27. The number of benzene rings is 2. The molecule has 28 heavy (non-hydrogen) atoms. The second-order valence-corrected chi connectivity index (χ2v) is 7.53. The third kappa shape index (κ3) is 4.51. The van der Waals surface area contributed by atoms with E-state index >= 15 is 0 Å². The minimum atomic E-state index is -0.332. The molecule has 8 heteroatoms. The van der Waals surface area contributed by atoms with Crippen molar-refractivity contribution >= 4 is 39.3 Å². The molecule has 3 rings (SSSR count). The first-order chi connectivity index (χ1) is 13.3. The largest absolute Gasteiger partial charge is 0.508 e. The molecule has 0 bridgehead atoms. The van der Waals surface area contributed by atoms with Crippen molar-refractivity contribution in [1.29, 1.82) is 5.41 Å². The first kappa shape index (κ1) is 19.9. The molecule has 2 aromatic rings. The van der Waals surface area contributed by atoms with Crippen molar-refractivity contribution in [2.24, 2.45) is 5.73 Å². The molecule has 0 atom stereocenters. The minimum Gasteiger partial charge on any atom is -0.508 e. The molecule has 0 aliphatic carbocycles. The van der Waals surface area contributed by atoms with Gasteiger partial charge < -0.3 is 21.1 Å². The summed E-state index contributed by atoms with van der Waals surface area (Å²) < 4.78 is 0.614. The Balaban J connectivity index is 1.69. The lowest BCUT2D eigenvalue weighted by Gasteiger charge is -2.16. The maximum atomic E-state index is 12.5. The van der Waals surface area contributed by atoms with Crippen molar-refractivity contribution in [3.63, 3.8) is 0 Å². The Bertz CT molecular complexity index is 939. The first-order valence-corrected chi connectivity index (χ1v) is 9.69. The molecule has 1 aliphatic rings. The lowest BCUT2D eigenvalue weighted by atomic mass is 10.1. The quantitative estimate of drug-likeness (QED) is 0.418. The van der Waals surface area contributed by atoms with Crippen molar-refractivity contribution in [3.05, 3.63) is 57.6 Å². The van der Waals surface area contributed by atoms with E-state index in [1.807, 2.05) is 4.90 Å². The van der Waals surface area contributed by atoms with Crippen molar-refractivity contribution in [3.8, 4) is 5.75 Å². The van der Waals surface area contributed by atoms with E-state index in [0.29, 0.717) is 26.9 Å². The zero-order valence-electron chi connectivity index (χ0n) is 15.2. The smallest absolute Gasteiger partial charge is 0.254 e. The summed E-state index contributed by atoms with van der Waals surface area (Å²) in [4.78, 5) is 26.7. The van der Waals surface area contributed by atoms with Crippen molar-refractivity contribution in [1.82, 2.24) is 4.90 Å². The number of halogens is 1. The normalized spacial score (nSPS) is 13.4. The van der Waals surface area contributed by atoms with E-state index in [0.717, 1.165) is 25.9 Å². The van der Waals surface area contributed by atoms with E-state index in [-0.39, 0.29) is 29.8 Å². The molecule has 2 aromatic carbocycles. The summed E-state index contributed by atoms with van der Waals surface area (Å²) in [6.45, 7) is 1.54. The molecule has 2 amide bonds. The number of aromatic hydroxyl groups is 1. The van der Waals surface area contributed by atoms with Crippen LogP contribution in [0.25, 0.3) is 0 Å². The molecule has 0 aromatic heterocycles. The number of amides is 2. The summed E-state index contributed by atoms with van der Waals surface area (Å²) in [6.07, 6.45) is 1.98. The lowest BCUT2D eigenvalue weighted by molar-refractivity contribution is -0.115. The van der Waals surface area contributed by atoms with E-state index in [4.69, 9.17) is 11.1 Å². The molecule has 5 N–H and O–H groups in total. The van der Waals surface area contributed by atoms with Crippen molar-refractivity contribution in [2.75, 3.05) is 18.4 Å². The third-order valence-electron chi connectivity index (χ3n) is 4.62. The van der Waals surface area contributed by atoms with Crippen LogP contribution in [0.3, 0.4) is 0 Å². The average molecular weight is 445 g/mol. The molecule has 1 heterocycles. The summed E-state index contributed by atoms with van der Waals surface area (Å²) in [6, 6.07) is 9.50. The van der Waals surface area contributed by atoms with Gasteiger partial charge in [-0.15, -0.1) is 0 Å². The number of hydrogen-bond acceptors (Lipinski definition) is 4. The van der Waals surface area contributed by atoms with Crippen LogP contribution in [0.15, 0.2) is 40.9 Å². The Labute approximate surface area is 171 Å². The van der Waals surface area contributed by atoms with E-state index in [1.54, 1.807) is 18.2 Å². The van der Waals surface area contributed by atoms with Crippen molar-refractivity contribution < 1.29 is 14.7 Å². The number of likely N-dealkylation sites (tertiary alicyclic amines) is 1. The number of nitrogens with zero attached hydrogens (tertiary/aromatic N) is 1. The molecule has 0 radical (unpaired) electrons. The number of amidine groups is 1. The van der Waals surface area contributed by atoms with Crippen LogP contribution in [-0.2, 0) is 11.2 Å². The monoisotopic (exact) mass is 444 g/mol. The highest BCUT2D eigenvalue weighted by molar-refractivity contribution is 9.10. The van der Waals surface area contributed by atoms with Crippen LogP contribution in [0, 0.1) is 5.41 Å². The predicted octanol–water partition coefficient (Wildman–Crippen LogP) is 2.86. The highest BCUT2D eigenvalue weighted by Crippen LogP contribution is 2.25. The summed E-state index contributed by atoms with van der Waals surface area (Å²) >= 11 is 3.41. The molecule has 0 saturated carbocycles. The van der Waals surface area contributed by atoms with Gasteiger partial charge in [-0.3, -0.25) is 15.0 Å². The molecule has 0 spiro atoms. The van der Waals surface area contributed by atoms with E-state index in [1.165, 1.54) is 18.2 Å². The fourth-order valence-corrected chi connectivity index (χ4v) is 3.68. The van der Waals surface area contributed by atoms with Gasteiger partial charge in [-0.25, -0.2) is 0 Å². The van der Waals surface area contributed by atoms with Gasteiger partial charge in [0.05, 0.1) is 12.0 Å². The van der Waals surface area contributed by atoms with Crippen LogP contribution in [-0.4, -0.2) is 40.7 Å². The van der Waals surface area contributed by atoms with Gasteiger partial charge >= 0.3 is 0 Å². The molecular weight excluding hydrogens is 424 g/mol. The Hall–Kier alpha value is -2.87. The van der Waals surface area contributed by atoms with Crippen LogP contribution in [0.2, 0.25) is 0 Å². The van der Waals surface area contributed by atoms with Crippen LogP contribution in [0.4, 0.5) is 5.69 Å². The number of nitrogens with one attached hydrogen (secondary N) is 2. The van der Waals surface area contributed by atoms with Gasteiger partial charge in [-0.1, -0.05) is 0 Å². The zero-order valence-corrected chi connectivity index (χ0v) is 16.8. The standard InChI is InChI=1S/C20H21BrN4O3/c21-16-11-14(4-5-15(16)20(28)25-7-1-2-8-25)24-18(27)10-13-9-12(19(22)23)3-6-17(13)26/h3-6,9,11,26H,1-2,7-8,10H2,(H3,22,23)(H,24,27). The highest BCUT2D eigenvalue weighted by Gasteiger charge is 2.21. The van der Waals surface area contributed by atoms with Gasteiger partial charge in [-0.2, -0.15) is 0 Å². The number of carbonyl (C=O) groups excluding carboxylic acids is 2. The van der Waals surface area contributed by atoms with Gasteiger partial charge in [0.25, 0.3) is 5.91 Å². The Kier molecular flexibility index (Phi) is 5.99. The minimum absolute atomic E-state index is 0.0202. The molecule has 7 nitrogen and oxygen atoms in total. The number of phenols is 1. The van der Waals surface area contributed by atoms with Crippen LogP contribution >= 0.6 is 15.9 Å². The molecule has 1 fully saturated rings. The SMILES string of the molecule is N=C(N)c1ccc(O)c(CC(=O)Nc2ccc(C(=O)N3CCCC3)c(Br)c2)c1. The maximum absolute atomic E-state index is 12.5. The summed E-state index contributed by atoms with van der Waals surface area (Å²) in [5, 5.41) is 20.2. The number of hydrogen-bond donors (Lipinski definition) is 4. The topological polar surface area (TPSA) is 120 Å². The predicted molar refractivity (Wildman–Crippen MR) is 111 cm³/mol. The van der Waals surface area contributed by atoms with Gasteiger partial charge in [0.2, 0.25) is 5.91 Å². The Morgan fingerprint density at radius 2 is 1.89 bits per heavy atom. The molecular formula is C20H21BrN4O3. The van der Waals surface area contributed by atoms with E-state index < -0.39 is 0 Å². The summed E-state index contributed by atoms with van der Waals surface area (Å²) in [5.74, 6) is -0.522. The average Bonchev–Trinajstić information content (AvgIpc) is 3.17. The second kappa shape index (κ2) is 8.43. The third-order valence-corrected chi connectivity index (χ3v) is 5.27. The first-order valence-electron chi connectivity index (χ1n) is 8.90. The van der Waals surface area contributed by atoms with Gasteiger partial charge in [-0.05, 0) is 65.2 Å². The highest BCUT2D eigenvalue weighted by atomic mass is 79.9. The number of phenolic OH excluding ortho intramolecular Hbond substituents is 1. The maximum Gasteiger partial charge on any atom is 0.254 e. The fraction of sp³-hybridized carbons (Fsp3) is 0.250. The molecule has 0 unspecified atom stereocenters. The molecule has 146 valence electrons. The Morgan fingerprint density at radius 3 is 2.54 bits per heavy atom. The summed E-state index contributed by atoms with van der Waals surface area (Å²) in [7, 11) is 0. The van der Waals surface area contributed by atoms with E-state index in [2.05, 4.69) is 21.2 Å². The Morgan fingerprint density at radius 1 is 1.18 bits per heavy atom. The number of nitrogen functional groups attached to an aromatic ring is 1. The van der Waals surface area contributed by atoms with Gasteiger partial charge in [0.1, 0.15) is 11.6 Å².